The predicted octanol–water partition coefficient (Wildman–Crippen LogP) is 1.45. The quantitative estimate of drug-likeness (QED) is 0.688. The van der Waals surface area contributed by atoms with Crippen LogP contribution in [0.5, 0.6) is 0 Å². The number of rotatable bonds is 5. The summed E-state index contributed by atoms with van der Waals surface area (Å²) in [6, 6.07) is 0. The normalized spacial score (nSPS) is 15.2. The van der Waals surface area contributed by atoms with Crippen LogP contribution in [0.1, 0.15) is 20.3 Å². The molecule has 0 fully saturated rings. The highest BCUT2D eigenvalue weighted by atomic mass is 32.2. The minimum Gasteiger partial charge on any atom is -0.373 e. The number of sulfone groups is 1. The van der Waals surface area contributed by atoms with Crippen LogP contribution in [0.25, 0.3) is 0 Å². The van der Waals surface area contributed by atoms with Gasteiger partial charge in [0.2, 0.25) is 0 Å². The lowest BCUT2D eigenvalue weighted by atomic mass is 10.3. The SMILES string of the molecule is C=C/C=C(\CC)NC(C)S(C)(=O)=O. The van der Waals surface area contributed by atoms with E-state index in [4.69, 9.17) is 0 Å². The Morgan fingerprint density at radius 2 is 2.15 bits per heavy atom. The van der Waals surface area contributed by atoms with E-state index >= 15 is 0 Å². The molecule has 0 bridgehead atoms. The molecule has 0 aromatic heterocycles. The van der Waals surface area contributed by atoms with Crippen LogP contribution in [0.3, 0.4) is 0 Å². The molecule has 0 aliphatic rings. The Morgan fingerprint density at radius 1 is 1.62 bits per heavy atom. The summed E-state index contributed by atoms with van der Waals surface area (Å²) < 4.78 is 22.1. The predicted molar refractivity (Wildman–Crippen MR) is 56.0 cm³/mol. The molecule has 4 heteroatoms. The molecule has 1 unspecified atom stereocenters. The molecule has 0 aromatic carbocycles. The molecule has 0 rings (SSSR count). The molecule has 1 atom stereocenters. The van der Waals surface area contributed by atoms with Gasteiger partial charge in [-0.2, -0.15) is 0 Å². The summed E-state index contributed by atoms with van der Waals surface area (Å²) in [7, 11) is -3.01. The third kappa shape index (κ3) is 4.72. The van der Waals surface area contributed by atoms with E-state index in [2.05, 4.69) is 11.9 Å². The lowest BCUT2D eigenvalue weighted by Gasteiger charge is -2.14. The van der Waals surface area contributed by atoms with E-state index in [0.29, 0.717) is 0 Å². The third-order valence-corrected chi connectivity index (χ3v) is 3.13. The molecule has 13 heavy (non-hydrogen) atoms. The first-order valence-electron chi connectivity index (χ1n) is 4.18. The van der Waals surface area contributed by atoms with E-state index in [1.54, 1.807) is 19.1 Å². The van der Waals surface area contributed by atoms with Crippen LogP contribution in [-0.4, -0.2) is 20.0 Å². The zero-order valence-electron chi connectivity index (χ0n) is 8.37. The summed E-state index contributed by atoms with van der Waals surface area (Å²) in [6.07, 6.45) is 5.40. The molecule has 0 radical (unpaired) electrons. The summed E-state index contributed by atoms with van der Waals surface area (Å²) in [5, 5.41) is 2.37. The highest BCUT2D eigenvalue weighted by molar-refractivity contribution is 7.91. The van der Waals surface area contributed by atoms with E-state index in [1.165, 1.54) is 6.26 Å². The Hall–Kier alpha value is -0.770. The molecule has 0 aromatic rings. The highest BCUT2D eigenvalue weighted by Crippen LogP contribution is 2.01. The van der Waals surface area contributed by atoms with E-state index < -0.39 is 15.2 Å². The number of allylic oxidation sites excluding steroid dienone is 3. The smallest absolute Gasteiger partial charge is 0.167 e. The molecule has 0 spiro atoms. The molecular formula is C9H17NO2S. The summed E-state index contributed by atoms with van der Waals surface area (Å²) in [5.74, 6) is 0. The van der Waals surface area contributed by atoms with Gasteiger partial charge < -0.3 is 5.32 Å². The van der Waals surface area contributed by atoms with E-state index in [-0.39, 0.29) is 0 Å². The van der Waals surface area contributed by atoms with Crippen molar-refractivity contribution in [1.82, 2.24) is 5.32 Å². The van der Waals surface area contributed by atoms with Gasteiger partial charge >= 0.3 is 0 Å². The molecule has 0 amide bonds. The molecule has 0 aliphatic heterocycles. The summed E-state index contributed by atoms with van der Waals surface area (Å²) in [5.41, 5.74) is 0.882. The molecule has 0 aliphatic carbocycles. The van der Waals surface area contributed by atoms with Crippen molar-refractivity contribution in [3.05, 3.63) is 24.4 Å². The number of hydrogen-bond donors (Lipinski definition) is 1. The Balaban J connectivity index is 4.43. The third-order valence-electron chi connectivity index (χ3n) is 1.73. The first-order valence-corrected chi connectivity index (χ1v) is 6.14. The Bertz CT molecular complexity index is 291. The molecule has 0 heterocycles. The molecule has 3 nitrogen and oxygen atoms in total. The van der Waals surface area contributed by atoms with Crippen molar-refractivity contribution in [2.45, 2.75) is 25.6 Å². The second-order valence-corrected chi connectivity index (χ2v) is 5.26. The van der Waals surface area contributed by atoms with Crippen LogP contribution in [0, 0.1) is 0 Å². The van der Waals surface area contributed by atoms with Crippen molar-refractivity contribution < 1.29 is 8.42 Å². The van der Waals surface area contributed by atoms with Gasteiger partial charge in [-0.05, 0) is 19.4 Å². The van der Waals surface area contributed by atoms with Gasteiger partial charge in [-0.1, -0.05) is 19.6 Å². The van der Waals surface area contributed by atoms with Gasteiger partial charge in [0, 0.05) is 12.0 Å². The molecule has 0 saturated carbocycles. The Labute approximate surface area is 80.5 Å². The fraction of sp³-hybridized carbons (Fsp3) is 0.556. The first-order chi connectivity index (χ1) is 5.91. The van der Waals surface area contributed by atoms with Crippen molar-refractivity contribution in [3.63, 3.8) is 0 Å². The molecule has 76 valence electrons. The van der Waals surface area contributed by atoms with Crippen molar-refractivity contribution >= 4 is 9.84 Å². The second-order valence-electron chi connectivity index (χ2n) is 2.90. The minimum absolute atomic E-state index is 0.543. The van der Waals surface area contributed by atoms with Crippen molar-refractivity contribution in [3.8, 4) is 0 Å². The van der Waals surface area contributed by atoms with Gasteiger partial charge in [-0.25, -0.2) is 8.42 Å². The minimum atomic E-state index is -3.01. The molecule has 0 saturated heterocycles. The average Bonchev–Trinajstić information content (AvgIpc) is 2.01. The summed E-state index contributed by atoms with van der Waals surface area (Å²) in [4.78, 5) is 0. The lowest BCUT2D eigenvalue weighted by Crippen LogP contribution is -2.32. The number of nitrogens with one attached hydrogen (secondary N) is 1. The fourth-order valence-electron chi connectivity index (χ4n) is 0.778. The van der Waals surface area contributed by atoms with Crippen LogP contribution < -0.4 is 5.32 Å². The van der Waals surface area contributed by atoms with Crippen LogP contribution in [0.15, 0.2) is 24.4 Å². The lowest BCUT2D eigenvalue weighted by molar-refractivity contribution is 0.577. The largest absolute Gasteiger partial charge is 0.373 e. The second kappa shape index (κ2) is 5.07. The van der Waals surface area contributed by atoms with Crippen LogP contribution in [0.2, 0.25) is 0 Å². The fourth-order valence-corrected chi connectivity index (χ4v) is 1.14. The van der Waals surface area contributed by atoms with E-state index in [1.807, 2.05) is 6.92 Å². The maximum absolute atomic E-state index is 11.1. The Morgan fingerprint density at radius 3 is 2.46 bits per heavy atom. The Kier molecular flexibility index (Phi) is 4.77. The van der Waals surface area contributed by atoms with Gasteiger partial charge in [0.05, 0.1) is 0 Å². The summed E-state index contributed by atoms with van der Waals surface area (Å²) >= 11 is 0. The zero-order valence-corrected chi connectivity index (χ0v) is 9.19. The zero-order chi connectivity index (χ0) is 10.5. The van der Waals surface area contributed by atoms with Gasteiger partial charge in [0.15, 0.2) is 9.84 Å². The average molecular weight is 203 g/mol. The van der Waals surface area contributed by atoms with E-state index in [0.717, 1.165) is 12.1 Å². The molecular weight excluding hydrogens is 186 g/mol. The van der Waals surface area contributed by atoms with Crippen molar-refractivity contribution in [2.24, 2.45) is 0 Å². The topological polar surface area (TPSA) is 46.2 Å². The highest BCUT2D eigenvalue weighted by Gasteiger charge is 2.13. The monoisotopic (exact) mass is 203 g/mol. The van der Waals surface area contributed by atoms with Gasteiger partial charge in [0.25, 0.3) is 0 Å². The van der Waals surface area contributed by atoms with Crippen LogP contribution in [0.4, 0.5) is 0 Å². The standard InChI is InChI=1S/C9H17NO2S/c1-5-7-9(6-2)10-8(3)13(4,11)12/h5,7-8,10H,1,6H2,2-4H3/b9-7+. The van der Waals surface area contributed by atoms with Crippen LogP contribution in [-0.2, 0) is 9.84 Å². The van der Waals surface area contributed by atoms with Gasteiger partial charge in [0.1, 0.15) is 5.37 Å². The van der Waals surface area contributed by atoms with Crippen molar-refractivity contribution in [2.75, 3.05) is 6.26 Å². The maximum atomic E-state index is 11.1. The van der Waals surface area contributed by atoms with Crippen LogP contribution >= 0.6 is 0 Å². The molecule has 1 N–H and O–H groups in total. The first kappa shape index (κ1) is 12.2. The van der Waals surface area contributed by atoms with Crippen molar-refractivity contribution in [1.29, 1.82) is 0 Å². The van der Waals surface area contributed by atoms with Gasteiger partial charge in [-0.3, -0.25) is 0 Å². The maximum Gasteiger partial charge on any atom is 0.167 e. The van der Waals surface area contributed by atoms with E-state index in [9.17, 15) is 8.42 Å². The van der Waals surface area contributed by atoms with Gasteiger partial charge in [-0.15, -0.1) is 0 Å². The number of hydrogen-bond acceptors (Lipinski definition) is 3. The summed E-state index contributed by atoms with van der Waals surface area (Å²) in [6.45, 7) is 7.13.